The molecule has 82 valence electrons. The van der Waals surface area contributed by atoms with Crippen LogP contribution >= 0.6 is 0 Å². The number of nitrogens with zero attached hydrogens (tertiary/aromatic N) is 1. The van der Waals surface area contributed by atoms with Gasteiger partial charge in [0.25, 0.3) is 0 Å². The molecule has 2 N–H and O–H groups in total. The highest BCUT2D eigenvalue weighted by molar-refractivity contribution is 5.85. The maximum atomic E-state index is 11.7. The van der Waals surface area contributed by atoms with E-state index in [0.29, 0.717) is 13.0 Å². The average molecular weight is 211 g/mol. The number of ketones is 1. The van der Waals surface area contributed by atoms with Crippen LogP contribution in [-0.4, -0.2) is 33.6 Å². The van der Waals surface area contributed by atoms with E-state index in [1.165, 1.54) is 12.2 Å². The van der Waals surface area contributed by atoms with E-state index in [1.54, 1.807) is 6.08 Å². The van der Waals surface area contributed by atoms with Gasteiger partial charge in [-0.25, -0.2) is 0 Å². The second-order valence-corrected chi connectivity index (χ2v) is 3.94. The molecule has 1 saturated heterocycles. The lowest BCUT2D eigenvalue weighted by molar-refractivity contribution is -0.276. The van der Waals surface area contributed by atoms with Crippen LogP contribution < -0.4 is 0 Å². The molecule has 2 aliphatic rings. The van der Waals surface area contributed by atoms with Crippen molar-refractivity contribution in [1.82, 2.24) is 5.23 Å². The van der Waals surface area contributed by atoms with Crippen LogP contribution in [0.15, 0.2) is 23.9 Å². The fourth-order valence-corrected chi connectivity index (χ4v) is 1.96. The Balaban J connectivity index is 2.32. The number of Topliss-reactive ketones (excluding diaryl/α,β-unsaturated/α-hetero) is 1. The molecule has 0 aromatic heterocycles. The lowest BCUT2D eigenvalue weighted by Gasteiger charge is -2.39. The summed E-state index contributed by atoms with van der Waals surface area (Å²) < 4.78 is 5.53. The summed E-state index contributed by atoms with van der Waals surface area (Å²) in [7, 11) is 0. The van der Waals surface area contributed by atoms with Gasteiger partial charge in [-0.15, -0.1) is 5.23 Å². The third-order valence-corrected chi connectivity index (χ3v) is 2.88. The van der Waals surface area contributed by atoms with E-state index in [-0.39, 0.29) is 16.7 Å². The first-order valence-corrected chi connectivity index (χ1v) is 4.78. The summed E-state index contributed by atoms with van der Waals surface area (Å²) in [6, 6.07) is 0. The molecule has 2 atom stereocenters. The minimum atomic E-state index is -0.644. The summed E-state index contributed by atoms with van der Waals surface area (Å²) in [6.45, 7) is 2.24. The van der Waals surface area contributed by atoms with Crippen LogP contribution in [-0.2, 0) is 9.53 Å². The fraction of sp³-hybridized carbons (Fsp3) is 0.500. The number of hydrogen-bond donors (Lipinski definition) is 2. The van der Waals surface area contributed by atoms with Crippen LogP contribution in [0, 0.1) is 5.92 Å². The molecule has 5 heteroatoms. The van der Waals surface area contributed by atoms with Gasteiger partial charge in [0, 0.05) is 6.42 Å². The van der Waals surface area contributed by atoms with Crippen LogP contribution in [0.3, 0.4) is 0 Å². The van der Waals surface area contributed by atoms with E-state index in [2.05, 4.69) is 0 Å². The maximum Gasteiger partial charge on any atom is 0.145 e. The molecule has 0 aromatic rings. The van der Waals surface area contributed by atoms with Crippen LogP contribution in [0.1, 0.15) is 13.3 Å². The summed E-state index contributed by atoms with van der Waals surface area (Å²) in [4.78, 5) is 11.7. The molecule has 1 fully saturated rings. The normalized spacial score (nSPS) is 34.7. The highest BCUT2D eigenvalue weighted by Gasteiger charge is 2.42. The summed E-state index contributed by atoms with van der Waals surface area (Å²) in [5.74, 6) is -0.375. The zero-order valence-corrected chi connectivity index (χ0v) is 8.38. The van der Waals surface area contributed by atoms with Crippen molar-refractivity contribution in [2.45, 2.75) is 18.9 Å². The van der Waals surface area contributed by atoms with E-state index >= 15 is 0 Å². The van der Waals surface area contributed by atoms with Gasteiger partial charge in [0.2, 0.25) is 0 Å². The Bertz CT molecular complexity index is 347. The zero-order chi connectivity index (χ0) is 11.1. The summed E-state index contributed by atoms with van der Waals surface area (Å²) >= 11 is 0. The van der Waals surface area contributed by atoms with Crippen molar-refractivity contribution in [3.05, 3.63) is 23.9 Å². The largest absolute Gasteiger partial charge is 0.370 e. The monoisotopic (exact) mass is 211 g/mol. The minimum absolute atomic E-state index is 0.0119. The maximum absolute atomic E-state index is 11.7. The van der Waals surface area contributed by atoms with Crippen LogP contribution in [0.4, 0.5) is 0 Å². The number of hydrogen-bond acceptors (Lipinski definition) is 5. The molecular formula is C10H13NO4. The average Bonchev–Trinajstić information content (AvgIpc) is 2.17. The molecule has 1 heterocycles. The van der Waals surface area contributed by atoms with Crippen molar-refractivity contribution in [2.75, 3.05) is 6.61 Å². The second kappa shape index (κ2) is 3.44. The van der Waals surface area contributed by atoms with Crippen LogP contribution in [0.5, 0.6) is 0 Å². The summed E-state index contributed by atoms with van der Waals surface area (Å²) in [5, 5.41) is 17.7. The number of carbonyl (C=O) groups excluding carboxylic acids is 1. The van der Waals surface area contributed by atoms with Gasteiger partial charge in [-0.1, -0.05) is 0 Å². The summed E-state index contributed by atoms with van der Waals surface area (Å²) in [5.41, 5.74) is -0.453. The standard InChI is InChI=1S/C10H13NO4/c1-10-4-2-7(11(13)14)6-8(10)9(12)3-5-15-10/h2,4,6,8,13-14H,3,5H2,1H3. The first kappa shape index (κ1) is 10.4. The predicted octanol–water partition coefficient (Wildman–Crippen LogP) is 0.885. The lowest BCUT2D eigenvalue weighted by atomic mass is 9.79. The Labute approximate surface area is 87.2 Å². The number of rotatable bonds is 1. The van der Waals surface area contributed by atoms with Crippen molar-refractivity contribution in [3.63, 3.8) is 0 Å². The number of allylic oxidation sites excluding steroid dienone is 1. The van der Waals surface area contributed by atoms with E-state index in [1.807, 2.05) is 6.92 Å². The Morgan fingerprint density at radius 2 is 2.33 bits per heavy atom. The Morgan fingerprint density at radius 3 is 3.00 bits per heavy atom. The molecule has 15 heavy (non-hydrogen) atoms. The molecule has 0 radical (unpaired) electrons. The molecule has 1 aliphatic heterocycles. The number of fused-ring (bicyclic) bond motifs is 1. The Kier molecular flexibility index (Phi) is 2.38. The van der Waals surface area contributed by atoms with Crippen molar-refractivity contribution in [1.29, 1.82) is 0 Å². The smallest absolute Gasteiger partial charge is 0.145 e. The Hall–Kier alpha value is -1.17. The van der Waals surface area contributed by atoms with Crippen molar-refractivity contribution >= 4 is 5.78 Å². The van der Waals surface area contributed by atoms with Crippen LogP contribution in [0.2, 0.25) is 0 Å². The first-order chi connectivity index (χ1) is 7.03. The molecule has 0 aromatic carbocycles. The predicted molar refractivity (Wildman–Crippen MR) is 50.1 cm³/mol. The van der Waals surface area contributed by atoms with E-state index < -0.39 is 11.5 Å². The molecule has 5 nitrogen and oxygen atoms in total. The second-order valence-electron chi connectivity index (χ2n) is 3.94. The van der Waals surface area contributed by atoms with Gasteiger partial charge in [-0.3, -0.25) is 15.2 Å². The molecule has 2 unspecified atom stereocenters. The van der Waals surface area contributed by atoms with E-state index in [0.717, 1.165) is 0 Å². The van der Waals surface area contributed by atoms with Gasteiger partial charge in [-0.2, -0.15) is 0 Å². The number of carbonyl (C=O) groups is 1. The molecule has 0 saturated carbocycles. The highest BCUT2D eigenvalue weighted by atomic mass is 16.8. The molecule has 0 amide bonds. The molecular weight excluding hydrogens is 198 g/mol. The van der Waals surface area contributed by atoms with Crippen molar-refractivity contribution < 1.29 is 19.9 Å². The molecule has 0 spiro atoms. The van der Waals surface area contributed by atoms with Gasteiger partial charge in [0.15, 0.2) is 0 Å². The molecule has 1 aliphatic carbocycles. The molecule has 0 bridgehead atoms. The third kappa shape index (κ3) is 1.69. The zero-order valence-electron chi connectivity index (χ0n) is 8.38. The van der Waals surface area contributed by atoms with Crippen molar-refractivity contribution in [2.24, 2.45) is 5.92 Å². The number of hydroxylamine groups is 2. The quantitative estimate of drug-likeness (QED) is 0.630. The van der Waals surface area contributed by atoms with Gasteiger partial charge >= 0.3 is 0 Å². The SMILES string of the molecule is CC12C=CC(N(O)O)=CC1C(=O)CCO2. The Morgan fingerprint density at radius 1 is 1.60 bits per heavy atom. The molecule has 2 rings (SSSR count). The fourth-order valence-electron chi connectivity index (χ4n) is 1.96. The first-order valence-electron chi connectivity index (χ1n) is 4.78. The third-order valence-electron chi connectivity index (χ3n) is 2.88. The van der Waals surface area contributed by atoms with Crippen molar-refractivity contribution in [3.8, 4) is 0 Å². The topological polar surface area (TPSA) is 70.0 Å². The van der Waals surface area contributed by atoms with E-state index in [9.17, 15) is 4.79 Å². The summed E-state index contributed by atoms with van der Waals surface area (Å²) in [6.07, 6.45) is 5.09. The van der Waals surface area contributed by atoms with Gasteiger partial charge in [0.05, 0.1) is 23.8 Å². The number of ether oxygens (including phenoxy) is 1. The van der Waals surface area contributed by atoms with Crippen LogP contribution in [0.25, 0.3) is 0 Å². The van der Waals surface area contributed by atoms with Gasteiger partial charge < -0.3 is 4.74 Å². The van der Waals surface area contributed by atoms with Gasteiger partial charge in [0.1, 0.15) is 5.78 Å². The minimum Gasteiger partial charge on any atom is -0.370 e. The highest BCUT2D eigenvalue weighted by Crippen LogP contribution is 2.35. The van der Waals surface area contributed by atoms with E-state index in [4.69, 9.17) is 15.2 Å². The van der Waals surface area contributed by atoms with Gasteiger partial charge in [-0.05, 0) is 25.2 Å². The lowest BCUT2D eigenvalue weighted by Crippen LogP contribution is -2.46.